The summed E-state index contributed by atoms with van der Waals surface area (Å²) in [5, 5.41) is 13.2. The van der Waals surface area contributed by atoms with E-state index in [0.29, 0.717) is 18.1 Å². The fraction of sp³-hybridized carbons (Fsp3) is 0.444. The Labute approximate surface area is 175 Å². The number of rotatable bonds is 5. The molecule has 2 fully saturated rings. The van der Waals surface area contributed by atoms with Crippen LogP contribution < -0.4 is 16.0 Å². The van der Waals surface area contributed by atoms with Crippen molar-refractivity contribution >= 4 is 48.1 Å². The molecule has 10 heteroatoms. The van der Waals surface area contributed by atoms with Gasteiger partial charge < -0.3 is 16.0 Å². The molecule has 152 valence electrons. The Balaban J connectivity index is 0.00000140. The first-order valence-corrected chi connectivity index (χ1v) is 8.87. The van der Waals surface area contributed by atoms with Crippen molar-refractivity contribution in [2.24, 2.45) is 18.9 Å². The van der Waals surface area contributed by atoms with Crippen LogP contribution in [-0.2, 0) is 16.6 Å². The number of aromatic nitrogens is 3. The summed E-state index contributed by atoms with van der Waals surface area (Å²) in [5.41, 5.74) is 1.69. The maximum Gasteiger partial charge on any atom is 0.229 e. The molecule has 0 spiro atoms. The van der Waals surface area contributed by atoms with Gasteiger partial charge in [0.05, 0.1) is 24.0 Å². The molecule has 1 saturated heterocycles. The van der Waals surface area contributed by atoms with Gasteiger partial charge in [-0.1, -0.05) is 0 Å². The van der Waals surface area contributed by atoms with Crippen LogP contribution in [0, 0.1) is 11.8 Å². The SMILES string of the molecule is Cl.Cl.Cn1cc([C@H]2CNC[C@@H]2C(=O)Nc2ccc(NC(=O)C3CC3)nc2)cn1. The third-order valence-corrected chi connectivity index (χ3v) is 4.93. The van der Waals surface area contributed by atoms with Crippen LogP contribution in [0.2, 0.25) is 0 Å². The van der Waals surface area contributed by atoms with Gasteiger partial charge in [-0.25, -0.2) is 4.98 Å². The van der Waals surface area contributed by atoms with Gasteiger partial charge in [0.25, 0.3) is 0 Å². The van der Waals surface area contributed by atoms with Crippen LogP contribution in [0.25, 0.3) is 0 Å². The van der Waals surface area contributed by atoms with Crippen molar-refractivity contribution in [1.29, 1.82) is 0 Å². The van der Waals surface area contributed by atoms with Gasteiger partial charge in [0, 0.05) is 38.2 Å². The molecule has 2 amide bonds. The number of pyridine rings is 1. The lowest BCUT2D eigenvalue weighted by molar-refractivity contribution is -0.120. The molecule has 2 aromatic heterocycles. The lowest BCUT2D eigenvalue weighted by Crippen LogP contribution is -2.28. The van der Waals surface area contributed by atoms with Crippen LogP contribution in [0.3, 0.4) is 0 Å². The van der Waals surface area contributed by atoms with Crippen LogP contribution >= 0.6 is 24.8 Å². The Morgan fingerprint density at radius 3 is 2.50 bits per heavy atom. The zero-order valence-corrected chi connectivity index (χ0v) is 17.1. The Hall–Kier alpha value is -2.16. The quantitative estimate of drug-likeness (QED) is 0.677. The average Bonchev–Trinajstić information content (AvgIpc) is 3.21. The van der Waals surface area contributed by atoms with Crippen molar-refractivity contribution in [2.45, 2.75) is 18.8 Å². The van der Waals surface area contributed by atoms with E-state index in [2.05, 4.69) is 26.0 Å². The first-order chi connectivity index (χ1) is 12.6. The lowest BCUT2D eigenvalue weighted by atomic mass is 9.90. The van der Waals surface area contributed by atoms with Gasteiger partial charge in [-0.2, -0.15) is 5.10 Å². The van der Waals surface area contributed by atoms with Gasteiger partial charge in [0.2, 0.25) is 11.8 Å². The summed E-state index contributed by atoms with van der Waals surface area (Å²) in [4.78, 5) is 28.7. The van der Waals surface area contributed by atoms with Crippen molar-refractivity contribution in [3.8, 4) is 0 Å². The predicted octanol–water partition coefficient (Wildman–Crippen LogP) is 1.95. The van der Waals surface area contributed by atoms with Gasteiger partial charge in [-0.05, 0) is 30.5 Å². The molecule has 3 N–H and O–H groups in total. The van der Waals surface area contributed by atoms with Gasteiger partial charge in [-0.15, -0.1) is 24.8 Å². The Bertz CT molecular complexity index is 822. The van der Waals surface area contributed by atoms with E-state index in [0.717, 1.165) is 24.9 Å². The number of amides is 2. The number of anilines is 2. The highest BCUT2D eigenvalue weighted by Crippen LogP contribution is 2.30. The summed E-state index contributed by atoms with van der Waals surface area (Å²) >= 11 is 0. The third kappa shape index (κ3) is 5.01. The molecular formula is C18H24Cl2N6O2. The van der Waals surface area contributed by atoms with E-state index < -0.39 is 0 Å². The number of hydrogen-bond donors (Lipinski definition) is 3. The minimum Gasteiger partial charge on any atom is -0.324 e. The zero-order chi connectivity index (χ0) is 18.1. The summed E-state index contributed by atoms with van der Waals surface area (Å²) in [6.07, 6.45) is 7.25. The number of hydrogen-bond acceptors (Lipinski definition) is 5. The second-order valence-electron chi connectivity index (χ2n) is 7.00. The lowest BCUT2D eigenvalue weighted by Gasteiger charge is -2.17. The second kappa shape index (κ2) is 9.36. The number of carbonyl (C=O) groups is 2. The highest BCUT2D eigenvalue weighted by molar-refractivity contribution is 5.95. The normalized spacial score (nSPS) is 20.6. The Morgan fingerprint density at radius 1 is 1.11 bits per heavy atom. The molecule has 2 atom stereocenters. The topological polar surface area (TPSA) is 101 Å². The number of nitrogens with one attached hydrogen (secondary N) is 3. The van der Waals surface area contributed by atoms with E-state index in [1.807, 2.05) is 19.4 Å². The molecular weight excluding hydrogens is 403 g/mol. The molecule has 1 aliphatic carbocycles. The van der Waals surface area contributed by atoms with E-state index in [1.165, 1.54) is 0 Å². The van der Waals surface area contributed by atoms with Crippen molar-refractivity contribution in [3.05, 3.63) is 36.3 Å². The van der Waals surface area contributed by atoms with E-state index in [-0.39, 0.29) is 54.4 Å². The van der Waals surface area contributed by atoms with Gasteiger partial charge in [0.15, 0.2) is 0 Å². The first kappa shape index (κ1) is 22.1. The third-order valence-electron chi connectivity index (χ3n) is 4.93. The number of aryl methyl sites for hydroxylation is 1. The molecule has 0 bridgehead atoms. The van der Waals surface area contributed by atoms with E-state index in [4.69, 9.17) is 0 Å². The summed E-state index contributed by atoms with van der Waals surface area (Å²) < 4.78 is 1.75. The smallest absolute Gasteiger partial charge is 0.229 e. The highest BCUT2D eigenvalue weighted by Gasteiger charge is 2.34. The molecule has 1 saturated carbocycles. The van der Waals surface area contributed by atoms with Crippen LogP contribution in [0.1, 0.15) is 24.3 Å². The minimum atomic E-state index is -0.159. The van der Waals surface area contributed by atoms with Crippen LogP contribution in [0.15, 0.2) is 30.7 Å². The van der Waals surface area contributed by atoms with Gasteiger partial charge >= 0.3 is 0 Å². The number of halogens is 2. The average molecular weight is 427 g/mol. The molecule has 4 rings (SSSR count). The molecule has 28 heavy (non-hydrogen) atoms. The summed E-state index contributed by atoms with van der Waals surface area (Å²) in [6.45, 7) is 1.39. The van der Waals surface area contributed by atoms with E-state index in [1.54, 1.807) is 23.0 Å². The maximum atomic E-state index is 12.7. The Kier molecular flexibility index (Phi) is 7.40. The van der Waals surface area contributed by atoms with Crippen LogP contribution in [0.4, 0.5) is 11.5 Å². The van der Waals surface area contributed by atoms with Crippen LogP contribution in [-0.4, -0.2) is 39.7 Å². The van der Waals surface area contributed by atoms with E-state index in [9.17, 15) is 9.59 Å². The molecule has 1 aliphatic heterocycles. The van der Waals surface area contributed by atoms with Crippen LogP contribution in [0.5, 0.6) is 0 Å². The molecule has 2 aromatic rings. The summed E-state index contributed by atoms with van der Waals surface area (Å²) in [6, 6.07) is 3.47. The first-order valence-electron chi connectivity index (χ1n) is 8.87. The highest BCUT2D eigenvalue weighted by atomic mass is 35.5. The fourth-order valence-electron chi connectivity index (χ4n) is 3.29. The minimum absolute atomic E-state index is 0. The van der Waals surface area contributed by atoms with Crippen molar-refractivity contribution in [1.82, 2.24) is 20.1 Å². The van der Waals surface area contributed by atoms with Crippen molar-refractivity contribution in [2.75, 3.05) is 23.7 Å². The molecule has 8 nitrogen and oxygen atoms in total. The monoisotopic (exact) mass is 426 g/mol. The van der Waals surface area contributed by atoms with Gasteiger partial charge in [-0.3, -0.25) is 14.3 Å². The molecule has 3 heterocycles. The second-order valence-corrected chi connectivity index (χ2v) is 7.00. The summed E-state index contributed by atoms with van der Waals surface area (Å²) in [5.74, 6) is 0.569. The molecule has 0 radical (unpaired) electrons. The van der Waals surface area contributed by atoms with Crippen molar-refractivity contribution < 1.29 is 9.59 Å². The zero-order valence-electron chi connectivity index (χ0n) is 15.4. The Morgan fingerprint density at radius 2 is 1.89 bits per heavy atom. The largest absolute Gasteiger partial charge is 0.324 e. The molecule has 2 aliphatic rings. The summed E-state index contributed by atoms with van der Waals surface area (Å²) in [7, 11) is 1.87. The fourth-order valence-corrected chi connectivity index (χ4v) is 3.29. The predicted molar refractivity (Wildman–Crippen MR) is 111 cm³/mol. The molecule has 0 unspecified atom stereocenters. The maximum absolute atomic E-state index is 12.7. The number of nitrogens with zero attached hydrogens (tertiary/aromatic N) is 3. The van der Waals surface area contributed by atoms with Crippen molar-refractivity contribution in [3.63, 3.8) is 0 Å². The van der Waals surface area contributed by atoms with E-state index >= 15 is 0 Å². The van der Waals surface area contributed by atoms with Gasteiger partial charge in [0.1, 0.15) is 5.82 Å². The standard InChI is InChI=1S/C18H22N6O2.2ClH/c1-24-10-12(6-21-24)14-8-19-9-15(14)18(26)22-13-4-5-16(20-7-13)23-17(25)11-2-3-11;;/h4-7,10-11,14-15,19H,2-3,8-9H2,1H3,(H,22,26)(H,20,23,25);2*1H/t14-,15+;;/m1../s1. The molecule has 0 aromatic carbocycles. The number of carbonyl (C=O) groups excluding carboxylic acids is 2.